The Hall–Kier alpha value is -3.64. The van der Waals surface area contributed by atoms with Crippen LogP contribution >= 0.6 is 24.8 Å². The second-order valence-corrected chi connectivity index (χ2v) is 10.3. The molecule has 2 aliphatic rings. The van der Waals surface area contributed by atoms with E-state index in [2.05, 4.69) is 147 Å². The van der Waals surface area contributed by atoms with Gasteiger partial charge >= 0.3 is 0 Å². The first kappa shape index (κ1) is 33.6. The summed E-state index contributed by atoms with van der Waals surface area (Å²) in [7, 11) is 8.26. The number of rotatable bonds is 2. The molecule has 2 unspecified atom stereocenters. The van der Waals surface area contributed by atoms with E-state index in [1.807, 2.05) is 0 Å². The van der Waals surface area contributed by atoms with Gasteiger partial charge in [0, 0.05) is 41.0 Å². The molecular weight excluding hydrogens is 551 g/mol. The third kappa shape index (κ3) is 7.76. The van der Waals surface area contributed by atoms with E-state index in [9.17, 15) is 0 Å². The second-order valence-electron chi connectivity index (χ2n) is 10.3. The molecule has 0 spiro atoms. The van der Waals surface area contributed by atoms with Gasteiger partial charge in [0.2, 0.25) is 0 Å². The van der Waals surface area contributed by atoms with E-state index in [1.54, 1.807) is 0 Å². The van der Waals surface area contributed by atoms with Crippen LogP contribution < -0.4 is 0 Å². The molecule has 2 aliphatic heterocycles. The van der Waals surface area contributed by atoms with E-state index >= 15 is 0 Å². The summed E-state index contributed by atoms with van der Waals surface area (Å²) in [4.78, 5) is 14.1. The number of likely N-dealkylation sites (N-methyl/N-ethyl adjacent to an activating group) is 2. The third-order valence-corrected chi connectivity index (χ3v) is 7.22. The zero-order valence-electron chi connectivity index (χ0n) is 24.1. The van der Waals surface area contributed by atoms with E-state index < -0.39 is 0 Å². The van der Waals surface area contributed by atoms with Crippen LogP contribution in [0.3, 0.4) is 0 Å². The fourth-order valence-corrected chi connectivity index (χ4v) is 5.12. The van der Waals surface area contributed by atoms with Gasteiger partial charge in [0.1, 0.15) is 23.8 Å². The lowest BCUT2D eigenvalue weighted by atomic mass is 9.90. The Morgan fingerprint density at radius 1 is 0.488 bits per heavy atom. The van der Waals surface area contributed by atoms with Gasteiger partial charge in [-0.15, -0.1) is 24.8 Å². The standard InChI is InChI=1S/2C17H18N2.2ClH.H2O/c2*1-19(2)16-12-14-10-6-7-11-15(14)17(18-16)13-8-4-3-5-9-13;;;/h2*3-11,17H,12H2,1-2H3;2*1H;1H2. The van der Waals surface area contributed by atoms with E-state index in [-0.39, 0.29) is 42.4 Å². The monoisotopic (exact) mass is 590 g/mol. The maximum Gasteiger partial charge on any atom is 0.104 e. The first-order valence-corrected chi connectivity index (χ1v) is 13.2. The van der Waals surface area contributed by atoms with Crippen LogP contribution in [-0.2, 0) is 12.8 Å². The number of hydrogen-bond acceptors (Lipinski definition) is 4. The van der Waals surface area contributed by atoms with Gasteiger partial charge in [0.15, 0.2) is 0 Å². The average Bonchev–Trinajstić information content (AvgIpc) is 2.97. The molecule has 216 valence electrons. The fraction of sp³-hybridized carbons (Fsp3) is 0.235. The molecule has 0 bridgehead atoms. The van der Waals surface area contributed by atoms with Gasteiger partial charge in [-0.25, -0.2) is 0 Å². The minimum Gasteiger partial charge on any atom is -0.412 e. The highest BCUT2D eigenvalue weighted by molar-refractivity contribution is 5.87. The Morgan fingerprint density at radius 2 is 0.805 bits per heavy atom. The van der Waals surface area contributed by atoms with Crippen LogP contribution in [0.1, 0.15) is 45.5 Å². The molecule has 7 heteroatoms. The van der Waals surface area contributed by atoms with E-state index in [0.29, 0.717) is 0 Å². The lowest BCUT2D eigenvalue weighted by Gasteiger charge is -2.27. The summed E-state index contributed by atoms with van der Waals surface area (Å²) in [6.07, 6.45) is 1.85. The highest BCUT2D eigenvalue weighted by Gasteiger charge is 2.24. The zero-order valence-corrected chi connectivity index (χ0v) is 25.7. The van der Waals surface area contributed by atoms with Crippen LogP contribution in [0.4, 0.5) is 0 Å². The summed E-state index contributed by atoms with van der Waals surface area (Å²) in [6, 6.07) is 38.5. The lowest BCUT2D eigenvalue weighted by molar-refractivity contribution is 0.592. The Balaban J connectivity index is 0.000000267. The van der Waals surface area contributed by atoms with Crippen LogP contribution in [0.2, 0.25) is 0 Å². The predicted molar refractivity (Wildman–Crippen MR) is 177 cm³/mol. The maximum atomic E-state index is 4.94. The van der Waals surface area contributed by atoms with Crippen LogP contribution in [0, 0.1) is 0 Å². The molecule has 6 rings (SSSR count). The molecule has 4 aromatic carbocycles. The Morgan fingerprint density at radius 3 is 1.15 bits per heavy atom. The number of aliphatic imine (C=N–C) groups is 2. The van der Waals surface area contributed by atoms with Crippen LogP contribution in [0.25, 0.3) is 0 Å². The van der Waals surface area contributed by atoms with Crippen molar-refractivity contribution >= 4 is 36.5 Å². The average molecular weight is 592 g/mol. The van der Waals surface area contributed by atoms with Crippen molar-refractivity contribution in [2.75, 3.05) is 28.2 Å². The molecule has 0 saturated carbocycles. The topological polar surface area (TPSA) is 62.7 Å². The molecule has 0 amide bonds. The Bertz CT molecular complexity index is 1330. The molecule has 2 atom stereocenters. The summed E-state index contributed by atoms with van der Waals surface area (Å²) in [5, 5.41) is 0. The van der Waals surface area contributed by atoms with Crippen molar-refractivity contribution in [3.05, 3.63) is 143 Å². The van der Waals surface area contributed by atoms with Crippen molar-refractivity contribution in [2.45, 2.75) is 24.9 Å². The van der Waals surface area contributed by atoms with Crippen LogP contribution in [0.15, 0.2) is 119 Å². The summed E-state index contributed by atoms with van der Waals surface area (Å²) < 4.78 is 0. The van der Waals surface area contributed by atoms with Gasteiger partial charge < -0.3 is 15.3 Å². The quantitative estimate of drug-likeness (QED) is 0.264. The van der Waals surface area contributed by atoms with Gasteiger partial charge in [-0.3, -0.25) is 9.98 Å². The molecule has 0 fully saturated rings. The summed E-state index contributed by atoms with van der Waals surface area (Å²) >= 11 is 0. The SMILES string of the molecule is CN(C)C1=NC(c2ccccc2)c2ccccc2C1.CN(C)C1=NC(c2ccccc2)c2ccccc2C1.Cl.Cl.O. The molecule has 0 saturated heterocycles. The largest absolute Gasteiger partial charge is 0.412 e. The maximum absolute atomic E-state index is 4.94. The summed E-state index contributed by atoms with van der Waals surface area (Å²) in [5.74, 6) is 2.29. The number of nitrogens with zero attached hydrogens (tertiary/aromatic N) is 4. The van der Waals surface area contributed by atoms with Crippen molar-refractivity contribution in [3.63, 3.8) is 0 Å². The van der Waals surface area contributed by atoms with Gasteiger partial charge in [0.25, 0.3) is 0 Å². The predicted octanol–water partition coefficient (Wildman–Crippen LogP) is 6.60. The third-order valence-electron chi connectivity index (χ3n) is 7.22. The first-order chi connectivity index (χ1) is 18.5. The van der Waals surface area contributed by atoms with Crippen LogP contribution in [-0.4, -0.2) is 55.1 Å². The number of hydrogen-bond donors (Lipinski definition) is 0. The first-order valence-electron chi connectivity index (χ1n) is 13.2. The van der Waals surface area contributed by atoms with E-state index in [0.717, 1.165) is 24.5 Å². The molecule has 4 aromatic rings. The molecule has 2 N–H and O–H groups in total. The molecule has 0 radical (unpaired) electrons. The van der Waals surface area contributed by atoms with Gasteiger partial charge in [0.05, 0.1) is 0 Å². The molecule has 41 heavy (non-hydrogen) atoms. The van der Waals surface area contributed by atoms with Gasteiger partial charge in [-0.05, 0) is 33.4 Å². The van der Waals surface area contributed by atoms with Crippen molar-refractivity contribution in [1.82, 2.24) is 9.80 Å². The summed E-state index contributed by atoms with van der Waals surface area (Å²) in [6.45, 7) is 0. The fourth-order valence-electron chi connectivity index (χ4n) is 5.12. The van der Waals surface area contributed by atoms with Gasteiger partial charge in [-0.2, -0.15) is 0 Å². The summed E-state index contributed by atoms with van der Waals surface area (Å²) in [5.41, 5.74) is 7.95. The molecule has 0 aliphatic carbocycles. The van der Waals surface area contributed by atoms with Crippen molar-refractivity contribution in [1.29, 1.82) is 0 Å². The Labute approximate surface area is 256 Å². The Kier molecular flexibility index (Phi) is 12.6. The molecule has 0 aromatic heterocycles. The number of amidine groups is 2. The smallest absolute Gasteiger partial charge is 0.104 e. The normalized spacial score (nSPS) is 16.3. The van der Waals surface area contributed by atoms with Crippen LogP contribution in [0.5, 0.6) is 0 Å². The minimum absolute atomic E-state index is 0. The zero-order chi connectivity index (χ0) is 26.5. The second kappa shape index (κ2) is 15.4. The number of benzene rings is 4. The minimum atomic E-state index is 0. The van der Waals surface area contributed by atoms with Crippen molar-refractivity contribution in [3.8, 4) is 0 Å². The lowest BCUT2D eigenvalue weighted by Crippen LogP contribution is -2.28. The highest BCUT2D eigenvalue weighted by Crippen LogP contribution is 2.34. The molecule has 5 nitrogen and oxygen atoms in total. The van der Waals surface area contributed by atoms with Crippen molar-refractivity contribution < 1.29 is 5.48 Å². The number of halogens is 2. The van der Waals surface area contributed by atoms with Gasteiger partial charge in [-0.1, -0.05) is 109 Å². The van der Waals surface area contributed by atoms with E-state index in [1.165, 1.54) is 33.4 Å². The molecular formula is C34H40Cl2N4O. The number of fused-ring (bicyclic) bond motifs is 2. The van der Waals surface area contributed by atoms with E-state index in [4.69, 9.17) is 9.98 Å². The van der Waals surface area contributed by atoms with Crippen molar-refractivity contribution in [2.24, 2.45) is 9.98 Å². The highest BCUT2D eigenvalue weighted by atomic mass is 35.5. The molecule has 2 heterocycles.